The van der Waals surface area contributed by atoms with Gasteiger partial charge in [-0.05, 0) is 24.7 Å². The summed E-state index contributed by atoms with van der Waals surface area (Å²) in [7, 11) is 5.33. The van der Waals surface area contributed by atoms with Crippen molar-refractivity contribution >= 4 is 41.5 Å². The Bertz CT molecular complexity index is 674. The van der Waals surface area contributed by atoms with Gasteiger partial charge < -0.3 is 10.2 Å². The molecule has 0 spiro atoms. The number of carbonyl (C=O) groups is 1. The highest BCUT2D eigenvalue weighted by Gasteiger charge is 2.23. The van der Waals surface area contributed by atoms with Crippen LogP contribution in [0.2, 0.25) is 10.0 Å². The van der Waals surface area contributed by atoms with E-state index in [-0.39, 0.29) is 18.3 Å². The second kappa shape index (κ2) is 8.55. The molecule has 0 bridgehead atoms. The SMILES string of the molecule is CNC(C(=O)N(C)Cc1ccc(Cl)c(Cl)c1)c1cnn(C)c1.Cl. The number of hydrogen-bond donors (Lipinski definition) is 1. The molecular formula is C15H19Cl3N4O. The minimum absolute atomic E-state index is 0. The maximum atomic E-state index is 12.6. The van der Waals surface area contributed by atoms with Gasteiger partial charge in [0.05, 0.1) is 16.2 Å². The number of amides is 1. The minimum atomic E-state index is -0.429. The maximum Gasteiger partial charge on any atom is 0.244 e. The molecule has 1 atom stereocenters. The normalized spacial score (nSPS) is 11.7. The lowest BCUT2D eigenvalue weighted by atomic mass is 10.1. The van der Waals surface area contributed by atoms with Crippen molar-refractivity contribution in [1.29, 1.82) is 0 Å². The highest BCUT2D eigenvalue weighted by atomic mass is 35.5. The highest BCUT2D eigenvalue weighted by Crippen LogP contribution is 2.23. The van der Waals surface area contributed by atoms with Crippen LogP contribution in [0.1, 0.15) is 17.2 Å². The van der Waals surface area contributed by atoms with Gasteiger partial charge in [0.2, 0.25) is 5.91 Å². The number of aromatic nitrogens is 2. The molecule has 8 heteroatoms. The predicted molar refractivity (Wildman–Crippen MR) is 95.2 cm³/mol. The lowest BCUT2D eigenvalue weighted by Gasteiger charge is -2.23. The monoisotopic (exact) mass is 376 g/mol. The van der Waals surface area contributed by atoms with Crippen LogP contribution < -0.4 is 5.32 Å². The number of hydrogen-bond acceptors (Lipinski definition) is 3. The molecule has 0 saturated carbocycles. The molecule has 1 amide bonds. The summed E-state index contributed by atoms with van der Waals surface area (Å²) in [6.45, 7) is 0.453. The van der Waals surface area contributed by atoms with Crippen molar-refractivity contribution in [2.24, 2.45) is 7.05 Å². The van der Waals surface area contributed by atoms with Crippen molar-refractivity contribution in [2.75, 3.05) is 14.1 Å². The molecule has 0 radical (unpaired) electrons. The molecule has 0 aliphatic heterocycles. The number of aryl methyl sites for hydroxylation is 1. The van der Waals surface area contributed by atoms with E-state index in [2.05, 4.69) is 10.4 Å². The van der Waals surface area contributed by atoms with Crippen LogP contribution in [0.5, 0.6) is 0 Å². The lowest BCUT2D eigenvalue weighted by molar-refractivity contribution is -0.132. The molecule has 0 fully saturated rings. The van der Waals surface area contributed by atoms with Crippen LogP contribution in [0.25, 0.3) is 0 Å². The Labute approximate surface area is 152 Å². The topological polar surface area (TPSA) is 50.2 Å². The maximum absolute atomic E-state index is 12.6. The fraction of sp³-hybridized carbons (Fsp3) is 0.333. The van der Waals surface area contributed by atoms with E-state index in [1.54, 1.807) is 42.0 Å². The van der Waals surface area contributed by atoms with Crippen molar-refractivity contribution < 1.29 is 4.79 Å². The number of benzene rings is 1. The Morgan fingerprint density at radius 1 is 1.39 bits per heavy atom. The van der Waals surface area contributed by atoms with E-state index < -0.39 is 6.04 Å². The van der Waals surface area contributed by atoms with Gasteiger partial charge in [0.1, 0.15) is 6.04 Å². The zero-order valence-electron chi connectivity index (χ0n) is 13.1. The Hall–Kier alpha value is -1.27. The summed E-state index contributed by atoms with van der Waals surface area (Å²) in [5.74, 6) is -0.0402. The average Bonchev–Trinajstić information content (AvgIpc) is 2.90. The van der Waals surface area contributed by atoms with Gasteiger partial charge in [-0.3, -0.25) is 9.48 Å². The Morgan fingerprint density at radius 3 is 2.61 bits per heavy atom. The van der Waals surface area contributed by atoms with Crippen LogP contribution in [0.3, 0.4) is 0 Å². The molecule has 1 heterocycles. The average molecular weight is 378 g/mol. The lowest BCUT2D eigenvalue weighted by Crippen LogP contribution is -2.37. The molecule has 0 aliphatic carbocycles. The number of nitrogens with zero attached hydrogens (tertiary/aromatic N) is 3. The fourth-order valence-corrected chi connectivity index (χ4v) is 2.55. The van der Waals surface area contributed by atoms with Gasteiger partial charge in [-0.2, -0.15) is 5.10 Å². The van der Waals surface area contributed by atoms with E-state index in [0.717, 1.165) is 11.1 Å². The van der Waals surface area contributed by atoms with Crippen molar-refractivity contribution in [1.82, 2.24) is 20.0 Å². The summed E-state index contributed by atoms with van der Waals surface area (Å²) < 4.78 is 1.67. The summed E-state index contributed by atoms with van der Waals surface area (Å²) in [4.78, 5) is 14.3. The molecule has 23 heavy (non-hydrogen) atoms. The molecule has 2 rings (SSSR count). The quantitative estimate of drug-likeness (QED) is 0.871. The zero-order valence-corrected chi connectivity index (χ0v) is 15.4. The molecule has 1 aromatic carbocycles. The van der Waals surface area contributed by atoms with Crippen LogP contribution in [-0.4, -0.2) is 34.7 Å². The van der Waals surface area contributed by atoms with Crippen molar-refractivity contribution in [2.45, 2.75) is 12.6 Å². The van der Waals surface area contributed by atoms with E-state index in [0.29, 0.717) is 16.6 Å². The van der Waals surface area contributed by atoms with E-state index >= 15 is 0 Å². The summed E-state index contributed by atoms with van der Waals surface area (Å²) in [6.07, 6.45) is 3.51. The molecule has 1 unspecified atom stereocenters. The Balaban J connectivity index is 0.00000264. The minimum Gasteiger partial charge on any atom is -0.340 e. The molecule has 2 aromatic rings. The van der Waals surface area contributed by atoms with Crippen LogP contribution in [0.15, 0.2) is 30.6 Å². The fourth-order valence-electron chi connectivity index (χ4n) is 2.23. The van der Waals surface area contributed by atoms with Gasteiger partial charge >= 0.3 is 0 Å². The van der Waals surface area contributed by atoms with Crippen LogP contribution in [-0.2, 0) is 18.4 Å². The number of likely N-dealkylation sites (N-methyl/N-ethyl adjacent to an activating group) is 2. The number of nitrogens with one attached hydrogen (secondary N) is 1. The van der Waals surface area contributed by atoms with Crippen molar-refractivity contribution in [3.63, 3.8) is 0 Å². The molecule has 0 saturated heterocycles. The molecule has 5 nitrogen and oxygen atoms in total. The summed E-state index contributed by atoms with van der Waals surface area (Å²) in [5.41, 5.74) is 1.75. The van der Waals surface area contributed by atoms with Gasteiger partial charge in [0.15, 0.2) is 0 Å². The molecule has 1 N–H and O–H groups in total. The first-order valence-electron chi connectivity index (χ1n) is 6.77. The Kier molecular flexibility index (Phi) is 7.35. The third-order valence-corrected chi connectivity index (χ3v) is 4.11. The predicted octanol–water partition coefficient (Wildman–Crippen LogP) is 3.07. The molecule has 0 aliphatic rings. The van der Waals surface area contributed by atoms with Crippen LogP contribution >= 0.6 is 35.6 Å². The van der Waals surface area contributed by atoms with Crippen LogP contribution in [0, 0.1) is 0 Å². The van der Waals surface area contributed by atoms with E-state index in [1.165, 1.54) is 0 Å². The first-order chi connectivity index (χ1) is 10.4. The summed E-state index contributed by atoms with van der Waals surface area (Å²) in [5, 5.41) is 8.12. The zero-order chi connectivity index (χ0) is 16.3. The summed E-state index contributed by atoms with van der Waals surface area (Å²) >= 11 is 11.9. The van der Waals surface area contributed by atoms with Crippen molar-refractivity contribution in [3.8, 4) is 0 Å². The number of halogens is 3. The third-order valence-electron chi connectivity index (χ3n) is 3.37. The van der Waals surface area contributed by atoms with E-state index in [9.17, 15) is 4.79 Å². The van der Waals surface area contributed by atoms with Crippen LogP contribution in [0.4, 0.5) is 0 Å². The van der Waals surface area contributed by atoms with Gasteiger partial charge in [-0.15, -0.1) is 12.4 Å². The first-order valence-corrected chi connectivity index (χ1v) is 7.52. The van der Waals surface area contributed by atoms with E-state index in [4.69, 9.17) is 23.2 Å². The van der Waals surface area contributed by atoms with Gasteiger partial charge in [0.25, 0.3) is 0 Å². The molecule has 1 aromatic heterocycles. The standard InChI is InChI=1S/C15H18Cl2N4O.ClH/c1-18-14(11-7-19-21(3)9-11)15(22)20(2)8-10-4-5-12(16)13(17)6-10;/h4-7,9,14,18H,8H2,1-3H3;1H. The van der Waals surface area contributed by atoms with Gasteiger partial charge in [-0.1, -0.05) is 29.3 Å². The molecule has 126 valence electrons. The second-order valence-corrected chi connectivity index (χ2v) is 5.93. The van der Waals surface area contributed by atoms with Gasteiger partial charge in [-0.25, -0.2) is 0 Å². The largest absolute Gasteiger partial charge is 0.340 e. The first kappa shape index (κ1) is 19.8. The smallest absolute Gasteiger partial charge is 0.244 e. The third kappa shape index (κ3) is 4.85. The van der Waals surface area contributed by atoms with E-state index in [1.807, 2.05) is 19.3 Å². The van der Waals surface area contributed by atoms with Crippen molar-refractivity contribution in [3.05, 3.63) is 51.8 Å². The number of rotatable bonds is 5. The highest BCUT2D eigenvalue weighted by molar-refractivity contribution is 6.42. The Morgan fingerprint density at radius 2 is 2.09 bits per heavy atom. The molecular weight excluding hydrogens is 359 g/mol. The summed E-state index contributed by atoms with van der Waals surface area (Å²) in [6, 6.07) is 4.93. The second-order valence-electron chi connectivity index (χ2n) is 5.11. The number of carbonyl (C=O) groups excluding carboxylic acids is 1. The van der Waals surface area contributed by atoms with Gasteiger partial charge in [0, 0.05) is 32.4 Å².